The maximum atomic E-state index is 12.9. The van der Waals surface area contributed by atoms with Gasteiger partial charge in [-0.1, -0.05) is 0 Å². The predicted molar refractivity (Wildman–Crippen MR) is 77.1 cm³/mol. The molecule has 1 unspecified atom stereocenters. The van der Waals surface area contributed by atoms with Crippen LogP contribution < -0.4 is 5.73 Å². The molecule has 2 aromatic heterocycles. The van der Waals surface area contributed by atoms with Gasteiger partial charge >= 0.3 is 0 Å². The first kappa shape index (κ1) is 13.5. The molecule has 21 heavy (non-hydrogen) atoms. The van der Waals surface area contributed by atoms with Gasteiger partial charge in [0.25, 0.3) is 0 Å². The summed E-state index contributed by atoms with van der Waals surface area (Å²) < 4.78 is 0. The number of hydrogen-bond donors (Lipinski definition) is 2. The Kier molecular flexibility index (Phi) is 2.90. The van der Waals surface area contributed by atoms with Crippen LogP contribution in [0.15, 0.2) is 18.2 Å². The van der Waals surface area contributed by atoms with E-state index in [-0.39, 0.29) is 11.7 Å². The van der Waals surface area contributed by atoms with Crippen LogP contribution in [0.1, 0.15) is 40.7 Å². The van der Waals surface area contributed by atoms with Gasteiger partial charge in [0.2, 0.25) is 5.88 Å². The van der Waals surface area contributed by atoms with E-state index in [1.807, 2.05) is 13.8 Å². The van der Waals surface area contributed by atoms with E-state index >= 15 is 0 Å². The molecule has 108 valence electrons. The topological polar surface area (TPSA) is 102 Å². The van der Waals surface area contributed by atoms with Gasteiger partial charge in [0.05, 0.1) is 16.8 Å². The summed E-state index contributed by atoms with van der Waals surface area (Å²) in [6, 6.07) is 4.81. The fourth-order valence-electron chi connectivity index (χ4n) is 2.88. The zero-order valence-electron chi connectivity index (χ0n) is 11.9. The maximum Gasteiger partial charge on any atom is 0.230 e. The molecule has 0 fully saturated rings. The molecule has 0 aromatic carbocycles. The van der Waals surface area contributed by atoms with Crippen LogP contribution in [0.4, 0.5) is 5.82 Å². The van der Waals surface area contributed by atoms with Gasteiger partial charge in [0, 0.05) is 11.6 Å². The third-order valence-electron chi connectivity index (χ3n) is 4.12. The number of fused-ring (bicyclic) bond motifs is 1. The third kappa shape index (κ3) is 2.03. The summed E-state index contributed by atoms with van der Waals surface area (Å²) in [5, 5.41) is 16.9. The second kappa shape index (κ2) is 4.51. The van der Waals surface area contributed by atoms with Gasteiger partial charge < -0.3 is 10.8 Å². The van der Waals surface area contributed by atoms with E-state index in [1.165, 1.54) is 6.07 Å². The minimum Gasteiger partial charge on any atom is -0.492 e. The average molecular weight is 284 g/mol. The Morgan fingerprint density at radius 3 is 2.76 bits per heavy atom. The summed E-state index contributed by atoms with van der Waals surface area (Å²) in [6.07, 6.45) is 1.25. The molecule has 6 nitrogen and oxygen atoms in total. The lowest BCUT2D eigenvalue weighted by molar-refractivity contribution is 0.0868. The van der Waals surface area contributed by atoms with Crippen LogP contribution in [-0.4, -0.2) is 26.1 Å². The van der Waals surface area contributed by atoms with Crippen molar-refractivity contribution in [1.82, 2.24) is 15.2 Å². The van der Waals surface area contributed by atoms with Crippen LogP contribution in [0.2, 0.25) is 0 Å². The van der Waals surface area contributed by atoms with E-state index in [1.54, 1.807) is 12.1 Å². The second-order valence-corrected chi connectivity index (χ2v) is 5.62. The molecule has 3 rings (SSSR count). The summed E-state index contributed by atoms with van der Waals surface area (Å²) in [7, 11) is 0. The number of anilines is 1. The van der Waals surface area contributed by atoms with Crippen LogP contribution in [0.3, 0.4) is 0 Å². The summed E-state index contributed by atoms with van der Waals surface area (Å²) in [5.74, 6) is 0.262. The lowest BCUT2D eigenvalue weighted by Gasteiger charge is -2.32. The molecule has 0 saturated carbocycles. The monoisotopic (exact) mass is 284 g/mol. The lowest BCUT2D eigenvalue weighted by Crippen LogP contribution is -2.39. The van der Waals surface area contributed by atoms with Crippen LogP contribution in [-0.2, 0) is 11.8 Å². The highest BCUT2D eigenvalue weighted by molar-refractivity contribution is 6.06. The van der Waals surface area contributed by atoms with Crippen molar-refractivity contribution < 1.29 is 9.90 Å². The standard InChI is InChI=1S/C15H16N4O2/c1-8-7-11(16)17-9-5-6-15(2,14(21)13(8)9)10-3-4-12(20)19-18-10/h3-4,7H,5-6H2,1-2H3,(H2,16,17)(H,19,20). The Morgan fingerprint density at radius 1 is 1.33 bits per heavy atom. The van der Waals surface area contributed by atoms with E-state index in [2.05, 4.69) is 15.2 Å². The largest absolute Gasteiger partial charge is 0.492 e. The summed E-state index contributed by atoms with van der Waals surface area (Å²) in [5.41, 5.74) is 7.78. The number of aromatic hydroxyl groups is 1. The van der Waals surface area contributed by atoms with Crippen LogP contribution >= 0.6 is 0 Å². The van der Waals surface area contributed by atoms with Crippen molar-refractivity contribution in [2.24, 2.45) is 0 Å². The van der Waals surface area contributed by atoms with Crippen molar-refractivity contribution in [3.05, 3.63) is 40.7 Å². The van der Waals surface area contributed by atoms with Gasteiger partial charge in [0.1, 0.15) is 5.82 Å². The first-order chi connectivity index (χ1) is 9.91. The molecule has 2 heterocycles. The molecule has 0 aliphatic heterocycles. The van der Waals surface area contributed by atoms with E-state index < -0.39 is 5.41 Å². The van der Waals surface area contributed by atoms with Crippen LogP contribution in [0.5, 0.6) is 5.88 Å². The number of carbonyl (C=O) groups is 1. The number of nitrogens with two attached hydrogens (primary N) is 1. The number of pyridine rings is 1. The Morgan fingerprint density at radius 2 is 2.10 bits per heavy atom. The number of nitrogen functional groups attached to an aromatic ring is 1. The number of nitrogens with zero attached hydrogens (tertiary/aromatic N) is 3. The molecular weight excluding hydrogens is 268 g/mol. The molecule has 3 N–H and O–H groups in total. The fraction of sp³-hybridized carbons (Fsp3) is 0.333. The number of aromatic nitrogens is 3. The molecule has 1 aliphatic carbocycles. The Labute approximate surface area is 122 Å². The highest BCUT2D eigenvalue weighted by Gasteiger charge is 2.42. The molecular formula is C15H16N4O2. The van der Waals surface area contributed by atoms with Gasteiger partial charge in [-0.05, 0) is 44.4 Å². The lowest BCUT2D eigenvalue weighted by atomic mass is 9.70. The average Bonchev–Trinajstić information content (AvgIpc) is 2.43. The molecule has 0 amide bonds. The number of rotatable bonds is 1. The van der Waals surface area contributed by atoms with Crippen LogP contribution in [0, 0.1) is 6.92 Å². The third-order valence-corrected chi connectivity index (χ3v) is 4.12. The van der Waals surface area contributed by atoms with E-state index in [4.69, 9.17) is 5.73 Å². The molecule has 0 radical (unpaired) electrons. The van der Waals surface area contributed by atoms with Gasteiger partial charge in [-0.3, -0.25) is 4.79 Å². The van der Waals surface area contributed by atoms with Crippen molar-refractivity contribution in [3.8, 4) is 5.88 Å². The van der Waals surface area contributed by atoms with Gasteiger partial charge in [-0.15, -0.1) is 5.10 Å². The fourth-order valence-corrected chi connectivity index (χ4v) is 2.88. The van der Waals surface area contributed by atoms with Gasteiger partial charge in [-0.2, -0.15) is 5.10 Å². The second-order valence-electron chi connectivity index (χ2n) is 5.62. The number of aryl methyl sites for hydroxylation is 2. The molecule has 0 saturated heterocycles. The number of hydrogen-bond acceptors (Lipinski definition) is 6. The first-order valence-corrected chi connectivity index (χ1v) is 6.76. The maximum absolute atomic E-state index is 12.9. The van der Waals surface area contributed by atoms with Crippen LogP contribution in [0.25, 0.3) is 0 Å². The molecule has 6 heteroatoms. The minimum atomic E-state index is -0.754. The molecule has 0 bridgehead atoms. The van der Waals surface area contributed by atoms with Crippen molar-refractivity contribution >= 4 is 11.6 Å². The van der Waals surface area contributed by atoms with Gasteiger partial charge in [-0.25, -0.2) is 4.98 Å². The Hall–Kier alpha value is -2.50. The zero-order chi connectivity index (χ0) is 15.2. The predicted octanol–water partition coefficient (Wildman–Crippen LogP) is 1.55. The van der Waals surface area contributed by atoms with Crippen molar-refractivity contribution in [2.45, 2.75) is 32.1 Å². The molecule has 0 spiro atoms. The van der Waals surface area contributed by atoms with E-state index in [0.717, 1.165) is 11.3 Å². The minimum absolute atomic E-state index is 0.0197. The number of Topliss-reactive ketones (excluding diaryl/α,β-unsaturated/α-hetero) is 1. The van der Waals surface area contributed by atoms with Crippen molar-refractivity contribution in [3.63, 3.8) is 0 Å². The summed E-state index contributed by atoms with van der Waals surface area (Å²) >= 11 is 0. The normalized spacial score (nSPS) is 21.1. The van der Waals surface area contributed by atoms with E-state index in [0.29, 0.717) is 29.9 Å². The smallest absolute Gasteiger partial charge is 0.230 e. The van der Waals surface area contributed by atoms with Gasteiger partial charge in [0.15, 0.2) is 5.78 Å². The number of ketones is 1. The molecule has 2 aromatic rings. The Bertz CT molecular complexity index is 727. The quantitative estimate of drug-likeness (QED) is 0.823. The highest BCUT2D eigenvalue weighted by Crippen LogP contribution is 2.38. The summed E-state index contributed by atoms with van der Waals surface area (Å²) in [6.45, 7) is 3.72. The molecule has 1 atom stereocenters. The highest BCUT2D eigenvalue weighted by atomic mass is 16.3. The summed E-state index contributed by atoms with van der Waals surface area (Å²) in [4.78, 5) is 17.2. The van der Waals surface area contributed by atoms with E-state index in [9.17, 15) is 9.90 Å². The Balaban J connectivity index is 2.11. The SMILES string of the molecule is Cc1cc(N)nc2c1C(=O)C(C)(c1ccc(O)nn1)CC2. The first-order valence-electron chi connectivity index (χ1n) is 6.76. The molecule has 1 aliphatic rings. The zero-order valence-corrected chi connectivity index (χ0v) is 11.9. The number of carbonyl (C=O) groups excluding carboxylic acids is 1. The van der Waals surface area contributed by atoms with Crippen molar-refractivity contribution in [1.29, 1.82) is 0 Å². The van der Waals surface area contributed by atoms with Crippen molar-refractivity contribution in [2.75, 3.05) is 5.73 Å².